The van der Waals surface area contributed by atoms with Crippen LogP contribution in [0, 0.1) is 11.7 Å². The number of rotatable bonds is 10. The smallest absolute Gasteiger partial charge is 0.227 e. The van der Waals surface area contributed by atoms with E-state index in [1.54, 1.807) is 30.3 Å². The van der Waals surface area contributed by atoms with Gasteiger partial charge in [-0.25, -0.2) is 21.2 Å². The second-order valence-corrected chi connectivity index (χ2v) is 13.4. The minimum absolute atomic E-state index is 0.0169. The third kappa shape index (κ3) is 6.42. The first-order valence-electron chi connectivity index (χ1n) is 11.8. The molecule has 0 radical (unpaired) electrons. The Balaban J connectivity index is 1.44. The number of anilines is 1. The van der Waals surface area contributed by atoms with E-state index in [2.05, 4.69) is 16.4 Å². The zero-order valence-electron chi connectivity index (χ0n) is 19.9. The van der Waals surface area contributed by atoms with Gasteiger partial charge in [0.15, 0.2) is 0 Å². The fraction of sp³-hybridized carbons (Fsp3) is 0.440. The van der Waals surface area contributed by atoms with Crippen molar-refractivity contribution >= 4 is 25.7 Å². The summed E-state index contributed by atoms with van der Waals surface area (Å²) in [5.74, 6) is -0.403. The molecule has 190 valence electrons. The lowest BCUT2D eigenvalue weighted by Gasteiger charge is -2.38. The summed E-state index contributed by atoms with van der Waals surface area (Å²) in [5, 5.41) is 0. The number of allylic oxidation sites excluding steroid dienone is 1. The van der Waals surface area contributed by atoms with Gasteiger partial charge in [0.1, 0.15) is 5.82 Å². The van der Waals surface area contributed by atoms with E-state index in [0.29, 0.717) is 15.3 Å². The molecule has 0 amide bonds. The predicted octanol–water partition coefficient (Wildman–Crippen LogP) is 3.21. The van der Waals surface area contributed by atoms with Crippen LogP contribution in [-0.2, 0) is 33.0 Å². The van der Waals surface area contributed by atoms with Crippen molar-refractivity contribution in [1.82, 2.24) is 8.61 Å². The maximum Gasteiger partial charge on any atom is 0.227 e. The fourth-order valence-corrected chi connectivity index (χ4v) is 7.62. The molecule has 10 heteroatoms. The van der Waals surface area contributed by atoms with E-state index in [1.165, 1.54) is 30.7 Å². The van der Waals surface area contributed by atoms with Gasteiger partial charge in [-0.15, -0.1) is 0 Å². The van der Waals surface area contributed by atoms with Crippen LogP contribution >= 0.6 is 0 Å². The van der Waals surface area contributed by atoms with Crippen molar-refractivity contribution in [3.05, 3.63) is 77.8 Å². The van der Waals surface area contributed by atoms with E-state index in [0.717, 1.165) is 38.0 Å². The normalized spacial score (nSPS) is 17.1. The second kappa shape index (κ2) is 10.3. The number of hydrogen-bond donors (Lipinski definition) is 0. The lowest BCUT2D eigenvalue weighted by atomic mass is 10.1. The monoisotopic (exact) mass is 521 g/mol. The number of benzene rings is 2. The first kappa shape index (κ1) is 25.7. The molecular weight excluding hydrogens is 489 g/mol. The summed E-state index contributed by atoms with van der Waals surface area (Å²) < 4.78 is 66.0. The lowest BCUT2D eigenvalue weighted by Crippen LogP contribution is -2.46. The molecule has 0 unspecified atom stereocenters. The summed E-state index contributed by atoms with van der Waals surface area (Å²) >= 11 is 0. The molecule has 7 nitrogen and oxygen atoms in total. The number of nitrogens with zero attached hydrogens (tertiary/aromatic N) is 3. The van der Waals surface area contributed by atoms with Crippen molar-refractivity contribution in [3.63, 3.8) is 0 Å². The lowest BCUT2D eigenvalue weighted by molar-refractivity contribution is 0.308. The minimum Gasteiger partial charge on any atom is -0.372 e. The third-order valence-corrected chi connectivity index (χ3v) is 10.4. The molecule has 2 aromatic carbocycles. The molecular formula is C25H32FN3O4S2. The third-order valence-electron chi connectivity index (χ3n) is 6.61. The van der Waals surface area contributed by atoms with Crippen LogP contribution in [0.15, 0.2) is 60.8 Å². The summed E-state index contributed by atoms with van der Waals surface area (Å²) in [6.07, 6.45) is 3.40. The van der Waals surface area contributed by atoms with Gasteiger partial charge < -0.3 is 9.80 Å². The largest absolute Gasteiger partial charge is 0.372 e. The van der Waals surface area contributed by atoms with Crippen molar-refractivity contribution in [2.24, 2.45) is 5.92 Å². The summed E-state index contributed by atoms with van der Waals surface area (Å²) in [5.41, 5.74) is 2.69. The Kier molecular flexibility index (Phi) is 7.54. The molecule has 1 heterocycles. The van der Waals surface area contributed by atoms with Crippen LogP contribution < -0.4 is 4.90 Å². The van der Waals surface area contributed by atoms with Gasteiger partial charge in [0, 0.05) is 43.1 Å². The molecule has 1 aliphatic carbocycles. The topological polar surface area (TPSA) is 78.0 Å². The Morgan fingerprint density at radius 3 is 2.26 bits per heavy atom. The van der Waals surface area contributed by atoms with Gasteiger partial charge in [-0.05, 0) is 42.9 Å². The van der Waals surface area contributed by atoms with Crippen molar-refractivity contribution in [1.29, 1.82) is 0 Å². The summed E-state index contributed by atoms with van der Waals surface area (Å²) in [4.78, 5) is 4.37. The van der Waals surface area contributed by atoms with Gasteiger partial charge in [0.25, 0.3) is 0 Å². The molecule has 2 aromatic rings. The molecule has 2 fully saturated rings. The molecule has 0 atom stereocenters. The van der Waals surface area contributed by atoms with Gasteiger partial charge in [-0.1, -0.05) is 46.7 Å². The van der Waals surface area contributed by atoms with E-state index in [4.69, 9.17) is 0 Å². The second-order valence-electron chi connectivity index (χ2n) is 9.26. The standard InChI is InChI=1S/C25H32FN3O4S2/c1-20(22-8-9-22)27-13-15-28(16-14-27)24-11-10-23(25(26)18-24)19-29(34(2,30)31)35(32,33)17-12-21-6-4-3-5-7-21/h3-7,10-11,18,22H,1,8-9,12-17,19H2,2H3. The van der Waals surface area contributed by atoms with E-state index in [9.17, 15) is 16.8 Å². The molecule has 0 spiro atoms. The first-order chi connectivity index (χ1) is 16.5. The molecule has 1 aliphatic heterocycles. The molecule has 2 aliphatic rings. The average Bonchev–Trinajstić information content (AvgIpc) is 3.67. The zero-order valence-corrected chi connectivity index (χ0v) is 21.6. The molecule has 1 saturated carbocycles. The molecule has 0 N–H and O–H groups in total. The van der Waals surface area contributed by atoms with Crippen LogP contribution in [0.1, 0.15) is 24.0 Å². The quantitative estimate of drug-likeness (QED) is 0.478. The Hall–Kier alpha value is -2.43. The van der Waals surface area contributed by atoms with Crippen LogP contribution in [0.25, 0.3) is 0 Å². The van der Waals surface area contributed by atoms with Crippen molar-refractivity contribution in [2.45, 2.75) is 25.8 Å². The van der Waals surface area contributed by atoms with Gasteiger partial charge in [0.05, 0.1) is 18.6 Å². The maximum absolute atomic E-state index is 15.0. The van der Waals surface area contributed by atoms with Crippen LogP contribution in [0.4, 0.5) is 10.1 Å². The van der Waals surface area contributed by atoms with Gasteiger partial charge in [0.2, 0.25) is 20.0 Å². The Labute approximate surface area is 207 Å². The molecule has 4 rings (SSSR count). The maximum atomic E-state index is 15.0. The highest BCUT2D eigenvalue weighted by atomic mass is 32.3. The van der Waals surface area contributed by atoms with Crippen LogP contribution in [0.5, 0.6) is 0 Å². The summed E-state index contributed by atoms with van der Waals surface area (Å²) in [6.45, 7) is 6.73. The zero-order chi connectivity index (χ0) is 25.2. The average molecular weight is 522 g/mol. The number of hydrogen-bond acceptors (Lipinski definition) is 6. The van der Waals surface area contributed by atoms with Gasteiger partial charge >= 0.3 is 0 Å². The van der Waals surface area contributed by atoms with Crippen molar-refractivity contribution in [3.8, 4) is 0 Å². The Bertz CT molecular complexity index is 1270. The SMILES string of the molecule is C=C(C1CC1)N1CCN(c2ccc(CN(S(C)(=O)=O)S(=O)(=O)CCc3ccccc3)c(F)c2)CC1. The summed E-state index contributed by atoms with van der Waals surface area (Å²) in [7, 11) is -8.32. The Morgan fingerprint density at radius 1 is 1.03 bits per heavy atom. The van der Waals surface area contributed by atoms with Crippen molar-refractivity contribution < 1.29 is 21.2 Å². The van der Waals surface area contributed by atoms with E-state index >= 15 is 4.39 Å². The van der Waals surface area contributed by atoms with Crippen LogP contribution in [0.2, 0.25) is 0 Å². The Morgan fingerprint density at radius 2 is 1.69 bits per heavy atom. The molecule has 35 heavy (non-hydrogen) atoms. The van der Waals surface area contributed by atoms with E-state index < -0.39 is 32.4 Å². The number of piperazine rings is 1. The van der Waals surface area contributed by atoms with E-state index in [-0.39, 0.29) is 17.7 Å². The number of halogens is 1. The van der Waals surface area contributed by atoms with Crippen molar-refractivity contribution in [2.75, 3.05) is 43.1 Å². The summed E-state index contributed by atoms with van der Waals surface area (Å²) in [6, 6.07) is 13.5. The fourth-order valence-electron chi connectivity index (χ4n) is 4.34. The van der Waals surface area contributed by atoms with Crippen LogP contribution in [0.3, 0.4) is 0 Å². The molecule has 0 aromatic heterocycles. The highest BCUT2D eigenvalue weighted by Gasteiger charge is 2.32. The van der Waals surface area contributed by atoms with Gasteiger partial charge in [-0.3, -0.25) is 0 Å². The highest BCUT2D eigenvalue weighted by Crippen LogP contribution is 2.37. The highest BCUT2D eigenvalue weighted by molar-refractivity contribution is 8.03. The van der Waals surface area contributed by atoms with E-state index in [1.807, 2.05) is 6.07 Å². The molecule has 0 bridgehead atoms. The predicted molar refractivity (Wildman–Crippen MR) is 136 cm³/mol. The number of sulfonamides is 2. The van der Waals surface area contributed by atoms with Gasteiger partial charge in [-0.2, -0.15) is 0 Å². The first-order valence-corrected chi connectivity index (χ1v) is 15.2. The molecule has 1 saturated heterocycles. The van der Waals surface area contributed by atoms with Crippen LogP contribution in [-0.4, -0.2) is 63.6 Å². The number of aryl methyl sites for hydroxylation is 1. The minimum atomic E-state index is -4.19.